The van der Waals surface area contributed by atoms with Crippen molar-refractivity contribution in [2.75, 3.05) is 11.9 Å². The van der Waals surface area contributed by atoms with Crippen molar-refractivity contribution in [1.29, 1.82) is 0 Å². The fourth-order valence-corrected chi connectivity index (χ4v) is 6.50. The Kier molecular flexibility index (Phi) is 8.19. The van der Waals surface area contributed by atoms with Crippen molar-refractivity contribution in [3.63, 3.8) is 0 Å². The zero-order chi connectivity index (χ0) is 21.7. The third kappa shape index (κ3) is 5.56. The summed E-state index contributed by atoms with van der Waals surface area (Å²) < 4.78 is 5.38. The highest BCUT2D eigenvalue weighted by Crippen LogP contribution is 2.41. The molecule has 0 bridgehead atoms. The van der Waals surface area contributed by atoms with E-state index in [1.807, 2.05) is 6.92 Å². The quantitative estimate of drug-likeness (QED) is 0.295. The van der Waals surface area contributed by atoms with Crippen LogP contribution in [0.25, 0.3) is 0 Å². The van der Waals surface area contributed by atoms with Crippen LogP contribution in [0.4, 0.5) is 5.00 Å². The number of ether oxygens (including phenoxy) is 1. The predicted octanol–water partition coefficient (Wildman–Crippen LogP) is 6.48. The maximum Gasteiger partial charge on any atom is 0.341 e. The van der Waals surface area contributed by atoms with Crippen LogP contribution in [-0.4, -0.2) is 23.7 Å². The number of thiocarbonyl (C=S) groups is 1. The molecule has 0 aliphatic heterocycles. The zero-order valence-electron chi connectivity index (χ0n) is 19.1. The first kappa shape index (κ1) is 23.5. The highest BCUT2D eigenvalue weighted by Gasteiger charge is 2.32. The van der Waals surface area contributed by atoms with Crippen LogP contribution in [-0.2, 0) is 17.6 Å². The Morgan fingerprint density at radius 1 is 1.13 bits per heavy atom. The summed E-state index contributed by atoms with van der Waals surface area (Å²) in [5.74, 6) is 0.579. The summed E-state index contributed by atoms with van der Waals surface area (Å²) in [6.07, 6.45) is 11.6. The molecule has 0 saturated heterocycles. The van der Waals surface area contributed by atoms with Crippen molar-refractivity contribution in [3.05, 3.63) is 16.0 Å². The van der Waals surface area contributed by atoms with Crippen molar-refractivity contribution in [2.24, 2.45) is 11.3 Å². The molecule has 0 amide bonds. The summed E-state index contributed by atoms with van der Waals surface area (Å²) >= 11 is 7.34. The Labute approximate surface area is 191 Å². The van der Waals surface area contributed by atoms with Crippen molar-refractivity contribution in [1.82, 2.24) is 5.32 Å². The second kappa shape index (κ2) is 10.4. The molecule has 0 unspecified atom stereocenters. The van der Waals surface area contributed by atoms with Crippen molar-refractivity contribution < 1.29 is 9.53 Å². The number of carbonyl (C=O) groups excluding carboxylic acids is 1. The van der Waals surface area contributed by atoms with Gasteiger partial charge in [-0.25, -0.2) is 4.79 Å². The third-order valence-electron chi connectivity index (χ3n) is 7.21. The molecule has 6 heteroatoms. The smallest absolute Gasteiger partial charge is 0.341 e. The number of carbonyl (C=O) groups is 1. The average Bonchev–Trinajstić information content (AvgIpc) is 2.89. The van der Waals surface area contributed by atoms with Gasteiger partial charge < -0.3 is 15.4 Å². The van der Waals surface area contributed by atoms with Crippen molar-refractivity contribution in [2.45, 2.75) is 97.9 Å². The molecule has 30 heavy (non-hydrogen) atoms. The Morgan fingerprint density at radius 3 is 2.50 bits per heavy atom. The van der Waals surface area contributed by atoms with E-state index in [2.05, 4.69) is 31.4 Å². The first-order valence-corrected chi connectivity index (χ1v) is 13.0. The molecular weight excluding hydrogens is 412 g/mol. The maximum absolute atomic E-state index is 12.7. The predicted molar refractivity (Wildman–Crippen MR) is 131 cm³/mol. The zero-order valence-corrected chi connectivity index (χ0v) is 20.7. The number of rotatable bonds is 6. The summed E-state index contributed by atoms with van der Waals surface area (Å²) in [5, 5.41) is 8.38. The van der Waals surface area contributed by atoms with Gasteiger partial charge in [0.15, 0.2) is 5.11 Å². The van der Waals surface area contributed by atoms with Gasteiger partial charge in [0.2, 0.25) is 0 Å². The average molecular weight is 451 g/mol. The highest BCUT2D eigenvalue weighted by atomic mass is 32.1. The van der Waals surface area contributed by atoms with Gasteiger partial charge in [0.25, 0.3) is 0 Å². The van der Waals surface area contributed by atoms with Gasteiger partial charge in [-0.2, -0.15) is 0 Å². The molecule has 168 valence electrons. The minimum absolute atomic E-state index is 0.218. The van der Waals surface area contributed by atoms with E-state index in [0.29, 0.717) is 23.2 Å². The van der Waals surface area contributed by atoms with E-state index in [4.69, 9.17) is 17.0 Å². The van der Waals surface area contributed by atoms with Crippen LogP contribution in [0.1, 0.15) is 99.9 Å². The number of aryl methyl sites for hydroxylation is 1. The Hall–Kier alpha value is -1.14. The lowest BCUT2D eigenvalue weighted by Crippen LogP contribution is -2.41. The van der Waals surface area contributed by atoms with Crippen LogP contribution >= 0.6 is 23.6 Å². The second-order valence-corrected chi connectivity index (χ2v) is 11.0. The molecule has 0 spiro atoms. The lowest BCUT2D eigenvalue weighted by molar-refractivity contribution is 0.0527. The van der Waals surface area contributed by atoms with E-state index in [9.17, 15) is 4.79 Å². The summed E-state index contributed by atoms with van der Waals surface area (Å²) in [6, 6.07) is 0.415. The minimum atomic E-state index is -0.218. The van der Waals surface area contributed by atoms with Gasteiger partial charge in [-0.15, -0.1) is 11.3 Å². The molecule has 4 nitrogen and oxygen atoms in total. The van der Waals surface area contributed by atoms with Crippen molar-refractivity contribution >= 4 is 39.6 Å². The number of hydrogen-bond donors (Lipinski definition) is 2. The van der Waals surface area contributed by atoms with E-state index in [1.54, 1.807) is 11.3 Å². The van der Waals surface area contributed by atoms with E-state index >= 15 is 0 Å². The number of fused-ring (bicyclic) bond motifs is 1. The molecule has 0 atom stereocenters. The molecule has 1 saturated carbocycles. The molecular formula is C24H38N2O2S2. The maximum atomic E-state index is 12.7. The van der Waals surface area contributed by atoms with Gasteiger partial charge in [-0.3, -0.25) is 0 Å². The Balaban J connectivity index is 1.65. The molecule has 0 aromatic carbocycles. The number of thiophene rings is 1. The van der Waals surface area contributed by atoms with Crippen LogP contribution in [0.15, 0.2) is 0 Å². The van der Waals surface area contributed by atoms with Gasteiger partial charge in [-0.1, -0.05) is 33.6 Å². The first-order valence-electron chi connectivity index (χ1n) is 11.7. The lowest BCUT2D eigenvalue weighted by Gasteiger charge is -2.39. The van der Waals surface area contributed by atoms with E-state index in [-0.39, 0.29) is 5.97 Å². The highest BCUT2D eigenvalue weighted by molar-refractivity contribution is 7.80. The van der Waals surface area contributed by atoms with Crippen LogP contribution < -0.4 is 10.6 Å². The lowest BCUT2D eigenvalue weighted by atomic mass is 9.69. The number of esters is 1. The van der Waals surface area contributed by atoms with Crippen LogP contribution in [0.2, 0.25) is 0 Å². The third-order valence-corrected chi connectivity index (χ3v) is 8.63. The molecule has 0 radical (unpaired) electrons. The van der Waals surface area contributed by atoms with Gasteiger partial charge in [0.1, 0.15) is 5.00 Å². The molecule has 1 fully saturated rings. The van der Waals surface area contributed by atoms with Crippen LogP contribution in [0.3, 0.4) is 0 Å². The monoisotopic (exact) mass is 450 g/mol. The SMILES string of the molecule is CCOC(=O)c1c(NC(=S)NC2CCC(C(C)(C)CC)CC2)sc2c1CCCCC2. The standard InChI is InChI=1S/C24H38N2O2S2/c1-5-24(3,4)16-12-14-17(15-13-16)25-23(29)26-21-20(22(27)28-6-2)18-10-8-7-9-11-19(18)30-21/h16-17H,5-15H2,1-4H3,(H2,25,26,29). The first-order chi connectivity index (χ1) is 14.4. The molecule has 2 aliphatic carbocycles. The van der Waals surface area contributed by atoms with E-state index in [0.717, 1.165) is 48.6 Å². The van der Waals surface area contributed by atoms with Gasteiger partial charge in [0.05, 0.1) is 12.2 Å². The molecule has 1 aromatic heterocycles. The van der Waals surface area contributed by atoms with Crippen LogP contribution in [0, 0.1) is 11.3 Å². The summed E-state index contributed by atoms with van der Waals surface area (Å²) in [5.41, 5.74) is 2.33. The second-order valence-electron chi connectivity index (χ2n) is 9.48. The normalized spacial score (nSPS) is 22.0. The molecule has 2 aliphatic rings. The molecule has 1 aromatic rings. The topological polar surface area (TPSA) is 50.4 Å². The molecule has 3 rings (SSSR count). The summed E-state index contributed by atoms with van der Waals surface area (Å²) in [6.45, 7) is 9.35. The Morgan fingerprint density at radius 2 is 1.83 bits per heavy atom. The van der Waals surface area contributed by atoms with Gasteiger partial charge in [0, 0.05) is 10.9 Å². The van der Waals surface area contributed by atoms with E-state index in [1.165, 1.54) is 42.5 Å². The Bertz CT molecular complexity index is 749. The minimum Gasteiger partial charge on any atom is -0.462 e. The molecule has 1 heterocycles. The van der Waals surface area contributed by atoms with Gasteiger partial charge in [-0.05, 0) is 87.4 Å². The molecule has 2 N–H and O–H groups in total. The fraction of sp³-hybridized carbons (Fsp3) is 0.750. The van der Waals surface area contributed by atoms with E-state index < -0.39 is 0 Å². The number of hydrogen-bond acceptors (Lipinski definition) is 4. The number of anilines is 1. The van der Waals surface area contributed by atoms with Crippen molar-refractivity contribution in [3.8, 4) is 0 Å². The number of nitrogens with one attached hydrogen (secondary N) is 2. The fourth-order valence-electron chi connectivity index (χ4n) is 4.88. The van der Waals surface area contributed by atoms with Gasteiger partial charge >= 0.3 is 5.97 Å². The van der Waals surface area contributed by atoms with Crippen LogP contribution in [0.5, 0.6) is 0 Å². The summed E-state index contributed by atoms with van der Waals surface area (Å²) in [7, 11) is 0. The largest absolute Gasteiger partial charge is 0.462 e. The summed E-state index contributed by atoms with van der Waals surface area (Å²) in [4.78, 5) is 14.0.